The molecule has 0 spiro atoms. The van der Waals surface area contributed by atoms with Gasteiger partial charge in [-0.2, -0.15) is 0 Å². The lowest BCUT2D eigenvalue weighted by Gasteiger charge is -2.14. The Balaban J connectivity index is 0.000000924. The minimum atomic E-state index is -0.575. The lowest BCUT2D eigenvalue weighted by molar-refractivity contribution is 0.596. The second-order valence-corrected chi connectivity index (χ2v) is 5.29. The molecule has 3 rings (SSSR count). The van der Waals surface area contributed by atoms with E-state index in [1.807, 2.05) is 13.8 Å². The van der Waals surface area contributed by atoms with Crippen LogP contribution in [0.4, 0.5) is 10.2 Å². The van der Waals surface area contributed by atoms with Crippen molar-refractivity contribution in [2.75, 3.05) is 12.4 Å². The summed E-state index contributed by atoms with van der Waals surface area (Å²) in [6.45, 7) is 5.75. The van der Waals surface area contributed by atoms with Gasteiger partial charge in [0.25, 0.3) is 5.56 Å². The Morgan fingerprint density at radius 3 is 2.35 bits per heavy atom. The van der Waals surface area contributed by atoms with Crippen LogP contribution in [-0.4, -0.2) is 16.2 Å². The number of aromatic nitrogens is 2. The molecule has 1 fully saturated rings. The number of aryl methyl sites for hydroxylation is 1. The van der Waals surface area contributed by atoms with Crippen molar-refractivity contribution in [1.29, 1.82) is 0 Å². The molecule has 2 aromatic rings. The van der Waals surface area contributed by atoms with Gasteiger partial charge in [0.15, 0.2) is 0 Å². The molecule has 0 saturated heterocycles. The fourth-order valence-corrected chi connectivity index (χ4v) is 2.45. The van der Waals surface area contributed by atoms with Gasteiger partial charge < -0.3 is 5.32 Å². The highest BCUT2D eigenvalue weighted by molar-refractivity contribution is 5.40. The summed E-state index contributed by atoms with van der Waals surface area (Å²) in [5.74, 6) is -0.106. The molecule has 0 atom stereocenters. The minimum Gasteiger partial charge on any atom is -0.374 e. The zero-order valence-electron chi connectivity index (χ0n) is 13.9. The molecular weight excluding hydrogens is 297 g/mol. The van der Waals surface area contributed by atoms with Gasteiger partial charge in [-0.15, -0.1) is 0 Å². The summed E-state index contributed by atoms with van der Waals surface area (Å²) in [4.78, 5) is 24.8. The number of nitrogens with one attached hydrogen (secondary N) is 1. The van der Waals surface area contributed by atoms with Crippen molar-refractivity contribution in [3.63, 3.8) is 0 Å². The number of hydrogen-bond donors (Lipinski definition) is 1. The van der Waals surface area contributed by atoms with Crippen molar-refractivity contribution in [2.24, 2.45) is 0 Å². The number of nitrogens with zero attached hydrogens (tertiary/aromatic N) is 2. The van der Waals surface area contributed by atoms with E-state index in [4.69, 9.17) is 0 Å². The third-order valence-electron chi connectivity index (χ3n) is 3.65. The van der Waals surface area contributed by atoms with Crippen molar-refractivity contribution < 1.29 is 4.39 Å². The highest BCUT2D eigenvalue weighted by Gasteiger charge is 2.28. The molecule has 6 heteroatoms. The summed E-state index contributed by atoms with van der Waals surface area (Å²) in [5, 5.41) is 2.86. The Kier molecular flexibility index (Phi) is 5.03. The van der Waals surface area contributed by atoms with Gasteiger partial charge in [0.1, 0.15) is 11.6 Å². The van der Waals surface area contributed by atoms with Crippen LogP contribution in [-0.2, 0) is 0 Å². The summed E-state index contributed by atoms with van der Waals surface area (Å²) >= 11 is 0. The number of rotatable bonds is 3. The molecule has 1 aromatic heterocycles. The van der Waals surface area contributed by atoms with E-state index in [-0.39, 0.29) is 11.7 Å². The Morgan fingerprint density at radius 1 is 1.17 bits per heavy atom. The minimum absolute atomic E-state index is 0.00680. The zero-order chi connectivity index (χ0) is 17.1. The van der Waals surface area contributed by atoms with Crippen molar-refractivity contribution in [3.8, 4) is 5.69 Å². The van der Waals surface area contributed by atoms with Crippen LogP contribution in [0.1, 0.15) is 38.3 Å². The summed E-state index contributed by atoms with van der Waals surface area (Å²) in [6.07, 6.45) is 1.78. The zero-order valence-corrected chi connectivity index (χ0v) is 13.9. The Labute approximate surface area is 134 Å². The van der Waals surface area contributed by atoms with Crippen LogP contribution in [0.3, 0.4) is 0 Å². The van der Waals surface area contributed by atoms with Crippen LogP contribution < -0.4 is 16.6 Å². The Morgan fingerprint density at radius 2 is 1.83 bits per heavy atom. The predicted octanol–water partition coefficient (Wildman–Crippen LogP) is 2.85. The molecule has 0 aliphatic heterocycles. The van der Waals surface area contributed by atoms with Crippen molar-refractivity contribution in [3.05, 3.63) is 56.5 Å². The van der Waals surface area contributed by atoms with Gasteiger partial charge in [0, 0.05) is 19.2 Å². The second-order valence-electron chi connectivity index (χ2n) is 5.29. The van der Waals surface area contributed by atoms with Gasteiger partial charge in [0.05, 0.1) is 5.69 Å². The molecule has 0 bridgehead atoms. The molecule has 1 aliphatic rings. The smallest absolute Gasteiger partial charge is 0.337 e. The largest absolute Gasteiger partial charge is 0.374 e. The van der Waals surface area contributed by atoms with Gasteiger partial charge in [-0.05, 0) is 37.5 Å². The van der Waals surface area contributed by atoms with Crippen LogP contribution >= 0.6 is 0 Å². The third kappa shape index (κ3) is 3.21. The fraction of sp³-hybridized carbons (Fsp3) is 0.412. The van der Waals surface area contributed by atoms with E-state index in [1.54, 1.807) is 20.0 Å². The van der Waals surface area contributed by atoms with E-state index < -0.39 is 17.1 Å². The summed E-state index contributed by atoms with van der Waals surface area (Å²) < 4.78 is 16.5. The highest BCUT2D eigenvalue weighted by atomic mass is 19.1. The van der Waals surface area contributed by atoms with Crippen LogP contribution in [0.2, 0.25) is 0 Å². The van der Waals surface area contributed by atoms with E-state index in [2.05, 4.69) is 5.32 Å². The molecule has 1 aromatic carbocycles. The summed E-state index contributed by atoms with van der Waals surface area (Å²) in [5.41, 5.74) is -0.313. The van der Waals surface area contributed by atoms with Gasteiger partial charge in [-0.1, -0.05) is 19.9 Å². The maximum atomic E-state index is 14.1. The number of hydrogen-bond acceptors (Lipinski definition) is 3. The molecule has 5 nitrogen and oxygen atoms in total. The molecular formula is C17H22FN3O2. The Hall–Kier alpha value is -2.37. The fourth-order valence-electron chi connectivity index (χ4n) is 2.45. The van der Waals surface area contributed by atoms with E-state index in [0.717, 1.165) is 23.0 Å². The van der Waals surface area contributed by atoms with Gasteiger partial charge >= 0.3 is 5.69 Å². The van der Waals surface area contributed by atoms with Gasteiger partial charge in [0.2, 0.25) is 0 Å². The van der Waals surface area contributed by atoms with Crippen molar-refractivity contribution in [2.45, 2.75) is 39.7 Å². The van der Waals surface area contributed by atoms with E-state index in [1.165, 1.54) is 22.8 Å². The number of benzene rings is 1. The van der Waals surface area contributed by atoms with Crippen LogP contribution in [0.15, 0.2) is 33.9 Å². The maximum absolute atomic E-state index is 14.1. The monoisotopic (exact) mass is 319 g/mol. The molecule has 0 radical (unpaired) electrons. The predicted molar refractivity (Wildman–Crippen MR) is 90.2 cm³/mol. The standard InChI is InChI=1S/C15H16FN3O2.C2H6/c1-9-3-6-12(11(16)7-9)19-14(20)8-13(17-2)18(15(19)21)10-4-5-10;1-2/h3,6-8,10,17H,4-5H2,1-2H3;1-2H3. The molecule has 1 aliphatic carbocycles. The van der Waals surface area contributed by atoms with E-state index >= 15 is 0 Å². The molecule has 1 saturated carbocycles. The van der Waals surface area contributed by atoms with Crippen LogP contribution in [0.25, 0.3) is 5.69 Å². The third-order valence-corrected chi connectivity index (χ3v) is 3.65. The molecule has 1 heterocycles. The van der Waals surface area contributed by atoms with Crippen molar-refractivity contribution in [1.82, 2.24) is 9.13 Å². The van der Waals surface area contributed by atoms with E-state index in [0.29, 0.717) is 5.82 Å². The second kappa shape index (κ2) is 6.81. The van der Waals surface area contributed by atoms with E-state index in [9.17, 15) is 14.0 Å². The van der Waals surface area contributed by atoms with Gasteiger partial charge in [-0.25, -0.2) is 13.8 Å². The normalized spacial score (nSPS) is 13.3. The maximum Gasteiger partial charge on any atom is 0.337 e. The average Bonchev–Trinajstić information content (AvgIpc) is 3.35. The highest BCUT2D eigenvalue weighted by Crippen LogP contribution is 2.35. The average molecular weight is 319 g/mol. The first-order chi connectivity index (χ1) is 11.0. The van der Waals surface area contributed by atoms with Crippen molar-refractivity contribution >= 4 is 5.82 Å². The number of halogens is 1. The quantitative estimate of drug-likeness (QED) is 0.946. The summed E-state index contributed by atoms with van der Waals surface area (Å²) in [6, 6.07) is 5.87. The van der Waals surface area contributed by atoms with Crippen LogP contribution in [0, 0.1) is 12.7 Å². The first-order valence-corrected chi connectivity index (χ1v) is 7.86. The lowest BCUT2D eigenvalue weighted by atomic mass is 10.2. The number of anilines is 1. The topological polar surface area (TPSA) is 56.0 Å². The molecule has 1 N–H and O–H groups in total. The molecule has 23 heavy (non-hydrogen) atoms. The lowest BCUT2D eigenvalue weighted by Crippen LogP contribution is -2.39. The Bertz CT molecular complexity index is 820. The first-order valence-electron chi connectivity index (χ1n) is 7.86. The summed E-state index contributed by atoms with van der Waals surface area (Å²) in [7, 11) is 1.66. The van der Waals surface area contributed by atoms with Gasteiger partial charge in [-0.3, -0.25) is 9.36 Å². The first kappa shape index (κ1) is 17.0. The SMILES string of the molecule is CC.CNc1cc(=O)n(-c2ccc(C)cc2F)c(=O)n1C1CC1. The van der Waals surface area contributed by atoms with Crippen LogP contribution in [0.5, 0.6) is 0 Å². The molecule has 124 valence electrons. The molecule has 0 unspecified atom stereocenters. The molecule has 0 amide bonds.